The Morgan fingerprint density at radius 2 is 1.87 bits per heavy atom. The molecule has 1 N–H and O–H groups in total. The molecule has 0 aromatic carbocycles. The Labute approximate surface area is 187 Å². The van der Waals surface area contributed by atoms with E-state index in [1.165, 1.54) is 56.9 Å². The van der Waals surface area contributed by atoms with E-state index < -0.39 is 0 Å². The molecule has 1 nitrogen and oxygen atoms in total. The van der Waals surface area contributed by atoms with Crippen LogP contribution >= 0.6 is 0 Å². The Hall–Kier alpha value is -0.820. The first-order chi connectivity index (χ1) is 14.0. The molecule has 6 unspecified atom stereocenters. The van der Waals surface area contributed by atoms with Crippen molar-refractivity contribution in [1.82, 2.24) is 0 Å². The number of fused-ring (bicyclic) bond motifs is 1. The minimum atomic E-state index is -0.340. The Morgan fingerprint density at radius 3 is 2.57 bits per heavy atom. The van der Waals surface area contributed by atoms with Crippen LogP contribution in [-0.4, -0.2) is 11.2 Å². The number of hydrogen-bond acceptors (Lipinski definition) is 1. The van der Waals surface area contributed by atoms with Crippen molar-refractivity contribution in [2.24, 2.45) is 34.5 Å². The number of aliphatic hydroxyl groups is 1. The summed E-state index contributed by atoms with van der Waals surface area (Å²) < 4.78 is 0. The number of allylic oxidation sites excluding steroid dienone is 3. The van der Waals surface area contributed by atoms with Crippen molar-refractivity contribution in [1.29, 1.82) is 0 Å². The highest BCUT2D eigenvalue weighted by atomic mass is 16.3. The molecule has 3 saturated carbocycles. The van der Waals surface area contributed by atoms with Gasteiger partial charge in [-0.15, -0.1) is 0 Å². The molecular formula is C29H48O. The molecule has 170 valence electrons. The van der Waals surface area contributed by atoms with Crippen LogP contribution in [0.5, 0.6) is 0 Å². The van der Waals surface area contributed by atoms with Gasteiger partial charge in [0.05, 0.1) is 6.10 Å². The summed E-state index contributed by atoms with van der Waals surface area (Å²) in [6.07, 6.45) is 17.2. The van der Waals surface area contributed by atoms with Gasteiger partial charge >= 0.3 is 0 Å². The van der Waals surface area contributed by atoms with E-state index in [0.717, 1.165) is 36.2 Å². The van der Waals surface area contributed by atoms with E-state index in [1.54, 1.807) is 5.57 Å². The van der Waals surface area contributed by atoms with Crippen LogP contribution in [0.15, 0.2) is 35.5 Å². The molecular weight excluding hydrogens is 364 g/mol. The summed E-state index contributed by atoms with van der Waals surface area (Å²) in [5.74, 6) is 3.03. The van der Waals surface area contributed by atoms with Crippen LogP contribution < -0.4 is 0 Å². The van der Waals surface area contributed by atoms with Crippen LogP contribution in [0.1, 0.15) is 106 Å². The zero-order valence-electron chi connectivity index (χ0n) is 20.8. The fourth-order valence-electron chi connectivity index (χ4n) is 7.05. The van der Waals surface area contributed by atoms with E-state index in [-0.39, 0.29) is 6.10 Å². The molecule has 0 spiro atoms. The Bertz CT molecular complexity index is 675. The maximum absolute atomic E-state index is 10.2. The second kappa shape index (κ2) is 9.35. The molecule has 3 aliphatic rings. The van der Waals surface area contributed by atoms with E-state index in [9.17, 15) is 5.11 Å². The summed E-state index contributed by atoms with van der Waals surface area (Å²) in [4.78, 5) is 0. The molecule has 1 heteroatoms. The van der Waals surface area contributed by atoms with Crippen molar-refractivity contribution in [3.63, 3.8) is 0 Å². The largest absolute Gasteiger partial charge is 0.388 e. The van der Waals surface area contributed by atoms with E-state index in [2.05, 4.69) is 60.3 Å². The zero-order chi connectivity index (χ0) is 22.1. The third kappa shape index (κ3) is 5.32. The summed E-state index contributed by atoms with van der Waals surface area (Å²) in [6.45, 7) is 18.6. The smallest absolute Gasteiger partial charge is 0.0785 e. The van der Waals surface area contributed by atoms with Crippen LogP contribution in [0.3, 0.4) is 0 Å². The summed E-state index contributed by atoms with van der Waals surface area (Å²) in [6, 6.07) is 0. The average molecular weight is 413 g/mol. The van der Waals surface area contributed by atoms with E-state index in [0.29, 0.717) is 16.7 Å². The highest BCUT2D eigenvalue weighted by Crippen LogP contribution is 2.60. The molecule has 0 bridgehead atoms. The molecule has 0 amide bonds. The Kier molecular flexibility index (Phi) is 7.43. The lowest BCUT2D eigenvalue weighted by Gasteiger charge is -2.44. The van der Waals surface area contributed by atoms with Gasteiger partial charge in [-0.25, -0.2) is 0 Å². The fraction of sp³-hybridized carbons (Fsp3) is 0.793. The number of hydrogen-bond donors (Lipinski definition) is 1. The van der Waals surface area contributed by atoms with Gasteiger partial charge < -0.3 is 5.11 Å². The maximum atomic E-state index is 10.2. The predicted octanol–water partition coefficient (Wildman–Crippen LogP) is 8.26. The van der Waals surface area contributed by atoms with E-state index in [4.69, 9.17) is 0 Å². The first-order valence-electron chi connectivity index (χ1n) is 12.8. The quantitative estimate of drug-likeness (QED) is 0.451. The first kappa shape index (κ1) is 23.8. The third-order valence-electron chi connectivity index (χ3n) is 8.92. The van der Waals surface area contributed by atoms with E-state index >= 15 is 0 Å². The molecule has 0 aliphatic heterocycles. The molecule has 0 radical (unpaired) electrons. The van der Waals surface area contributed by atoms with Gasteiger partial charge in [-0.05, 0) is 91.4 Å². The second-order valence-corrected chi connectivity index (χ2v) is 12.5. The predicted molar refractivity (Wildman–Crippen MR) is 130 cm³/mol. The van der Waals surface area contributed by atoms with Gasteiger partial charge in [0.2, 0.25) is 0 Å². The van der Waals surface area contributed by atoms with Crippen molar-refractivity contribution < 1.29 is 5.11 Å². The van der Waals surface area contributed by atoms with Crippen LogP contribution in [-0.2, 0) is 0 Å². The minimum absolute atomic E-state index is 0.340. The van der Waals surface area contributed by atoms with Gasteiger partial charge in [0.15, 0.2) is 0 Å². The standard InChI is InChI=1S/C29H48O/c1-20(10-8-16-28(4,5)6)25-14-15-26-23(11-9-17-29(25,26)7)12-13-24-19-27(30)22(3)18-21(24)2/h12-13,20-21,25-27,30H,3,8-11,14-19H2,1-2,4-7H3. The van der Waals surface area contributed by atoms with Crippen molar-refractivity contribution >= 4 is 0 Å². The monoisotopic (exact) mass is 412 g/mol. The molecule has 3 rings (SSSR count). The highest BCUT2D eigenvalue weighted by molar-refractivity contribution is 5.29. The van der Waals surface area contributed by atoms with Crippen LogP contribution in [0, 0.1) is 34.5 Å². The SMILES string of the molecule is C=C1CC(C)C(=CC=C2CCCC3(C)C2CCC3C(C)CCCC(C)(C)C)CC1O. The molecule has 6 atom stereocenters. The second-order valence-electron chi connectivity index (χ2n) is 12.5. The van der Waals surface area contributed by atoms with Gasteiger partial charge in [0, 0.05) is 0 Å². The van der Waals surface area contributed by atoms with Crippen molar-refractivity contribution in [3.05, 3.63) is 35.5 Å². The lowest BCUT2D eigenvalue weighted by atomic mass is 9.60. The van der Waals surface area contributed by atoms with Crippen molar-refractivity contribution in [2.75, 3.05) is 0 Å². The Morgan fingerprint density at radius 1 is 1.17 bits per heavy atom. The Balaban J connectivity index is 1.69. The molecule has 0 aromatic rings. The fourth-order valence-corrected chi connectivity index (χ4v) is 7.05. The maximum Gasteiger partial charge on any atom is 0.0785 e. The lowest BCUT2D eigenvalue weighted by Crippen LogP contribution is -2.36. The first-order valence-corrected chi connectivity index (χ1v) is 12.8. The van der Waals surface area contributed by atoms with Gasteiger partial charge in [-0.1, -0.05) is 84.3 Å². The number of rotatable bonds is 5. The highest BCUT2D eigenvalue weighted by Gasteiger charge is 2.50. The summed E-state index contributed by atoms with van der Waals surface area (Å²) in [5, 5.41) is 10.2. The van der Waals surface area contributed by atoms with Crippen LogP contribution in [0.4, 0.5) is 0 Å². The van der Waals surface area contributed by atoms with Gasteiger partial charge in [0.25, 0.3) is 0 Å². The van der Waals surface area contributed by atoms with Gasteiger partial charge in [-0.3, -0.25) is 0 Å². The molecule has 0 aromatic heterocycles. The molecule has 0 heterocycles. The van der Waals surface area contributed by atoms with Gasteiger partial charge in [-0.2, -0.15) is 0 Å². The number of aliphatic hydroxyl groups excluding tert-OH is 1. The van der Waals surface area contributed by atoms with Crippen LogP contribution in [0.25, 0.3) is 0 Å². The van der Waals surface area contributed by atoms with Gasteiger partial charge in [0.1, 0.15) is 0 Å². The topological polar surface area (TPSA) is 20.2 Å². The van der Waals surface area contributed by atoms with E-state index in [1.807, 2.05) is 0 Å². The van der Waals surface area contributed by atoms with Crippen molar-refractivity contribution in [2.45, 2.75) is 112 Å². The zero-order valence-corrected chi connectivity index (χ0v) is 20.8. The molecule has 0 saturated heterocycles. The minimum Gasteiger partial charge on any atom is -0.388 e. The molecule has 3 fully saturated rings. The lowest BCUT2D eigenvalue weighted by molar-refractivity contribution is 0.0920. The molecule has 30 heavy (non-hydrogen) atoms. The summed E-state index contributed by atoms with van der Waals surface area (Å²) in [7, 11) is 0. The summed E-state index contributed by atoms with van der Waals surface area (Å²) >= 11 is 0. The third-order valence-corrected chi connectivity index (χ3v) is 8.92. The summed E-state index contributed by atoms with van der Waals surface area (Å²) in [5.41, 5.74) is 5.09. The molecule has 3 aliphatic carbocycles. The normalized spacial score (nSPS) is 38.8. The van der Waals surface area contributed by atoms with Crippen LogP contribution in [0.2, 0.25) is 0 Å². The average Bonchev–Trinajstić information content (AvgIpc) is 3.00. The van der Waals surface area contributed by atoms with Crippen molar-refractivity contribution in [3.8, 4) is 0 Å².